The number of rotatable bonds is 6. The van der Waals surface area contributed by atoms with Crippen molar-refractivity contribution in [1.29, 1.82) is 0 Å². The van der Waals surface area contributed by atoms with Crippen LogP contribution in [0, 0.1) is 5.92 Å². The number of likely N-dealkylation sites (tertiary alicyclic amines) is 1. The van der Waals surface area contributed by atoms with Crippen molar-refractivity contribution in [1.82, 2.24) is 15.1 Å². The van der Waals surface area contributed by atoms with E-state index in [0.717, 1.165) is 45.9 Å². The lowest BCUT2D eigenvalue weighted by molar-refractivity contribution is -0.122. The van der Waals surface area contributed by atoms with Crippen molar-refractivity contribution < 1.29 is 9.53 Å². The minimum Gasteiger partial charge on any atom is -0.379 e. The first-order valence-corrected chi connectivity index (χ1v) is 9.56. The molecule has 0 saturated carbocycles. The fourth-order valence-electron chi connectivity index (χ4n) is 3.77. The Morgan fingerprint density at radius 3 is 2.68 bits per heavy atom. The van der Waals surface area contributed by atoms with E-state index in [1.807, 2.05) is 0 Å². The molecule has 5 nitrogen and oxygen atoms in total. The van der Waals surface area contributed by atoms with E-state index in [4.69, 9.17) is 4.74 Å². The maximum Gasteiger partial charge on any atom is 0.234 e. The Kier molecular flexibility index (Phi) is 6.84. The van der Waals surface area contributed by atoms with Crippen molar-refractivity contribution in [3.05, 3.63) is 35.4 Å². The summed E-state index contributed by atoms with van der Waals surface area (Å²) >= 11 is 0. The summed E-state index contributed by atoms with van der Waals surface area (Å²) in [6, 6.07) is 8.43. The van der Waals surface area contributed by atoms with Gasteiger partial charge in [-0.2, -0.15) is 0 Å². The van der Waals surface area contributed by atoms with Gasteiger partial charge in [0.1, 0.15) is 0 Å². The van der Waals surface area contributed by atoms with Crippen LogP contribution in [0.5, 0.6) is 0 Å². The van der Waals surface area contributed by atoms with Crippen molar-refractivity contribution in [3.63, 3.8) is 0 Å². The van der Waals surface area contributed by atoms with Gasteiger partial charge in [0.05, 0.1) is 19.8 Å². The highest BCUT2D eigenvalue weighted by Gasteiger charge is 2.18. The van der Waals surface area contributed by atoms with Crippen molar-refractivity contribution in [3.8, 4) is 0 Å². The van der Waals surface area contributed by atoms with Gasteiger partial charge in [-0.25, -0.2) is 0 Å². The molecule has 1 aromatic carbocycles. The number of hydrogen-bond donors (Lipinski definition) is 1. The maximum atomic E-state index is 12.3. The summed E-state index contributed by atoms with van der Waals surface area (Å²) in [6.45, 7) is 10.0. The highest BCUT2D eigenvalue weighted by molar-refractivity contribution is 5.78. The summed E-state index contributed by atoms with van der Waals surface area (Å²) in [5, 5.41) is 3.11. The van der Waals surface area contributed by atoms with Crippen molar-refractivity contribution >= 4 is 5.91 Å². The molecule has 2 heterocycles. The monoisotopic (exact) mass is 345 g/mol. The zero-order valence-electron chi connectivity index (χ0n) is 15.4. The SMILES string of the molecule is C[C@H]1CCCN(CC(=O)NCc2ccccc2CN2CCOCC2)C1. The fourth-order valence-corrected chi connectivity index (χ4v) is 3.77. The van der Waals surface area contributed by atoms with Crippen LogP contribution in [0.15, 0.2) is 24.3 Å². The summed E-state index contributed by atoms with van der Waals surface area (Å²) in [7, 11) is 0. The van der Waals surface area contributed by atoms with Gasteiger partial charge in [0.25, 0.3) is 0 Å². The van der Waals surface area contributed by atoms with E-state index in [-0.39, 0.29) is 5.91 Å². The van der Waals surface area contributed by atoms with Gasteiger partial charge in [0.2, 0.25) is 5.91 Å². The normalized spacial score (nSPS) is 22.7. The van der Waals surface area contributed by atoms with Crippen molar-refractivity contribution in [2.75, 3.05) is 45.9 Å². The minimum absolute atomic E-state index is 0.135. The Morgan fingerprint density at radius 1 is 1.16 bits per heavy atom. The molecule has 0 bridgehead atoms. The van der Waals surface area contributed by atoms with Crippen LogP contribution in [0.3, 0.4) is 0 Å². The second-order valence-electron chi connectivity index (χ2n) is 7.42. The first kappa shape index (κ1) is 18.4. The zero-order valence-corrected chi connectivity index (χ0v) is 15.4. The summed E-state index contributed by atoms with van der Waals surface area (Å²) in [5.41, 5.74) is 2.52. The smallest absolute Gasteiger partial charge is 0.234 e. The third kappa shape index (κ3) is 5.80. The molecule has 0 unspecified atom stereocenters. The molecule has 3 rings (SSSR count). The number of ether oxygens (including phenoxy) is 1. The van der Waals surface area contributed by atoms with Gasteiger partial charge in [0.15, 0.2) is 0 Å². The number of hydrogen-bond acceptors (Lipinski definition) is 4. The average molecular weight is 345 g/mol. The summed E-state index contributed by atoms with van der Waals surface area (Å²) < 4.78 is 5.42. The standard InChI is InChI=1S/C20H31N3O2/c1-17-5-4-8-23(14-17)16-20(24)21-13-18-6-2-3-7-19(18)15-22-9-11-25-12-10-22/h2-3,6-7,17H,4-5,8-16H2,1H3,(H,21,24)/t17-/m0/s1. The Hall–Kier alpha value is -1.43. The molecule has 2 fully saturated rings. The summed E-state index contributed by atoms with van der Waals surface area (Å²) in [5.74, 6) is 0.839. The highest BCUT2D eigenvalue weighted by atomic mass is 16.5. The van der Waals surface area contributed by atoms with Crippen LogP contribution in [0.1, 0.15) is 30.9 Å². The Labute approximate surface area is 151 Å². The van der Waals surface area contributed by atoms with Gasteiger partial charge < -0.3 is 10.1 Å². The molecule has 5 heteroatoms. The number of nitrogens with zero attached hydrogens (tertiary/aromatic N) is 2. The molecule has 0 spiro atoms. The van der Waals surface area contributed by atoms with Gasteiger partial charge in [0, 0.05) is 32.7 Å². The number of morpholine rings is 1. The Bertz CT molecular complexity index is 558. The fraction of sp³-hybridized carbons (Fsp3) is 0.650. The van der Waals surface area contributed by atoms with Crippen LogP contribution in [0.2, 0.25) is 0 Å². The highest BCUT2D eigenvalue weighted by Crippen LogP contribution is 2.15. The van der Waals surface area contributed by atoms with E-state index in [9.17, 15) is 4.79 Å². The molecule has 138 valence electrons. The molecule has 2 aliphatic rings. The summed E-state index contributed by atoms with van der Waals surface area (Å²) in [6.07, 6.45) is 2.49. The Balaban J connectivity index is 1.49. The lowest BCUT2D eigenvalue weighted by atomic mass is 10.0. The topological polar surface area (TPSA) is 44.8 Å². The predicted octanol–water partition coefficient (Wildman–Crippen LogP) is 1.87. The number of amides is 1. The van der Waals surface area contributed by atoms with Crippen molar-refractivity contribution in [2.24, 2.45) is 5.92 Å². The Morgan fingerprint density at radius 2 is 1.92 bits per heavy atom. The molecule has 0 aromatic heterocycles. The van der Waals surface area contributed by atoms with Gasteiger partial charge in [-0.05, 0) is 36.4 Å². The first-order valence-electron chi connectivity index (χ1n) is 9.56. The average Bonchev–Trinajstić information content (AvgIpc) is 2.62. The number of benzene rings is 1. The van der Waals surface area contributed by atoms with E-state index in [1.54, 1.807) is 0 Å². The van der Waals surface area contributed by atoms with Crippen LogP contribution in [0.25, 0.3) is 0 Å². The molecule has 0 radical (unpaired) electrons. The first-order chi connectivity index (χ1) is 12.2. The van der Waals surface area contributed by atoms with E-state index in [1.165, 1.54) is 24.0 Å². The van der Waals surface area contributed by atoms with Crippen LogP contribution in [0.4, 0.5) is 0 Å². The third-order valence-corrected chi connectivity index (χ3v) is 5.20. The van der Waals surface area contributed by atoms with Gasteiger partial charge in [-0.15, -0.1) is 0 Å². The van der Waals surface area contributed by atoms with Crippen LogP contribution in [-0.2, 0) is 22.6 Å². The maximum absolute atomic E-state index is 12.3. The quantitative estimate of drug-likeness (QED) is 0.855. The van der Waals surface area contributed by atoms with Crippen LogP contribution >= 0.6 is 0 Å². The van der Waals surface area contributed by atoms with E-state index in [0.29, 0.717) is 19.0 Å². The van der Waals surface area contributed by atoms with E-state index in [2.05, 4.69) is 46.3 Å². The van der Waals surface area contributed by atoms with E-state index >= 15 is 0 Å². The molecule has 1 N–H and O–H groups in total. The molecule has 0 aliphatic carbocycles. The number of carbonyl (C=O) groups excluding carboxylic acids is 1. The zero-order chi connectivity index (χ0) is 17.5. The van der Waals surface area contributed by atoms with Crippen molar-refractivity contribution in [2.45, 2.75) is 32.9 Å². The second kappa shape index (κ2) is 9.32. The lowest BCUT2D eigenvalue weighted by Crippen LogP contribution is -2.42. The molecule has 1 amide bonds. The van der Waals surface area contributed by atoms with Crippen LogP contribution < -0.4 is 5.32 Å². The number of carbonyl (C=O) groups is 1. The molecule has 1 atom stereocenters. The molecule has 2 aliphatic heterocycles. The molecule has 2 saturated heterocycles. The van der Waals surface area contributed by atoms with E-state index < -0.39 is 0 Å². The van der Waals surface area contributed by atoms with Gasteiger partial charge in [-0.1, -0.05) is 31.2 Å². The lowest BCUT2D eigenvalue weighted by Gasteiger charge is -2.30. The third-order valence-electron chi connectivity index (χ3n) is 5.20. The molecular weight excluding hydrogens is 314 g/mol. The van der Waals surface area contributed by atoms with Gasteiger partial charge in [-0.3, -0.25) is 14.6 Å². The minimum atomic E-state index is 0.135. The van der Waals surface area contributed by atoms with Crippen LogP contribution in [-0.4, -0.2) is 61.6 Å². The predicted molar refractivity (Wildman–Crippen MR) is 99.2 cm³/mol. The number of piperidine rings is 1. The summed E-state index contributed by atoms with van der Waals surface area (Å²) in [4.78, 5) is 17.0. The van der Waals surface area contributed by atoms with Gasteiger partial charge >= 0.3 is 0 Å². The second-order valence-corrected chi connectivity index (χ2v) is 7.42. The number of nitrogens with one attached hydrogen (secondary N) is 1. The molecule has 1 aromatic rings. The molecule has 25 heavy (non-hydrogen) atoms. The molecular formula is C20H31N3O2. The largest absolute Gasteiger partial charge is 0.379 e.